The van der Waals surface area contributed by atoms with Gasteiger partial charge in [0.1, 0.15) is 11.5 Å². The zero-order valence-corrected chi connectivity index (χ0v) is 17.8. The number of rotatable bonds is 4. The largest absolute Gasteiger partial charge is 0.495 e. The first-order valence-electron chi connectivity index (χ1n) is 10.1. The lowest BCUT2D eigenvalue weighted by atomic mass is 10.1. The van der Waals surface area contributed by atoms with E-state index in [1.807, 2.05) is 24.3 Å². The van der Waals surface area contributed by atoms with Crippen molar-refractivity contribution >= 4 is 33.1 Å². The molecule has 3 aliphatic heterocycles. The van der Waals surface area contributed by atoms with Crippen LogP contribution in [-0.2, 0) is 19.4 Å². The SMILES string of the molecule is COc1ccccc1N1CCN(C(=O)C2=NN([C@@H]3CCS(=O)(=O)C3)C(=O)CC2)CC1. The quantitative estimate of drug-likeness (QED) is 0.685. The van der Waals surface area contributed by atoms with Gasteiger partial charge in [0.25, 0.3) is 5.91 Å². The van der Waals surface area contributed by atoms with Crippen molar-refractivity contribution in [3.63, 3.8) is 0 Å². The number of piperazine rings is 1. The van der Waals surface area contributed by atoms with Gasteiger partial charge in [-0.05, 0) is 18.6 Å². The maximum atomic E-state index is 13.0. The minimum absolute atomic E-state index is 0.0607. The number of amides is 2. The molecule has 0 bridgehead atoms. The Morgan fingerprint density at radius 2 is 1.87 bits per heavy atom. The number of nitrogens with zero attached hydrogens (tertiary/aromatic N) is 4. The summed E-state index contributed by atoms with van der Waals surface area (Å²) in [6.45, 7) is 2.43. The van der Waals surface area contributed by atoms with Gasteiger partial charge in [-0.1, -0.05) is 12.1 Å². The number of carbonyl (C=O) groups excluding carboxylic acids is 2. The number of para-hydroxylation sites is 2. The molecule has 0 aliphatic carbocycles. The maximum Gasteiger partial charge on any atom is 0.270 e. The summed E-state index contributed by atoms with van der Waals surface area (Å²) in [7, 11) is -1.50. The van der Waals surface area contributed by atoms with Crippen LogP contribution in [0.25, 0.3) is 0 Å². The van der Waals surface area contributed by atoms with E-state index < -0.39 is 15.9 Å². The molecule has 10 heteroatoms. The van der Waals surface area contributed by atoms with Crippen LogP contribution in [0.2, 0.25) is 0 Å². The van der Waals surface area contributed by atoms with Gasteiger partial charge in [0.15, 0.2) is 9.84 Å². The molecule has 1 atom stereocenters. The van der Waals surface area contributed by atoms with Crippen molar-refractivity contribution in [2.24, 2.45) is 5.10 Å². The first-order valence-corrected chi connectivity index (χ1v) is 12.0. The van der Waals surface area contributed by atoms with Gasteiger partial charge in [-0.15, -0.1) is 0 Å². The molecule has 3 heterocycles. The molecule has 0 spiro atoms. The maximum absolute atomic E-state index is 13.0. The van der Waals surface area contributed by atoms with Crippen LogP contribution in [0.4, 0.5) is 5.69 Å². The van der Waals surface area contributed by atoms with Gasteiger partial charge in [-0.2, -0.15) is 5.10 Å². The fourth-order valence-corrected chi connectivity index (χ4v) is 5.89. The average molecular weight is 435 g/mol. The fourth-order valence-electron chi connectivity index (χ4n) is 4.20. The van der Waals surface area contributed by atoms with Gasteiger partial charge in [0.05, 0.1) is 30.3 Å². The number of hydrazone groups is 1. The molecule has 2 saturated heterocycles. The van der Waals surface area contributed by atoms with E-state index >= 15 is 0 Å². The molecule has 0 N–H and O–H groups in total. The number of hydrogen-bond acceptors (Lipinski definition) is 7. The number of sulfone groups is 1. The summed E-state index contributed by atoms with van der Waals surface area (Å²) in [4.78, 5) is 29.2. The van der Waals surface area contributed by atoms with Crippen LogP contribution in [-0.4, -0.2) is 86.7 Å². The fraction of sp³-hybridized carbons (Fsp3) is 0.550. The molecular weight excluding hydrogens is 408 g/mol. The van der Waals surface area contributed by atoms with Crippen LogP contribution in [0.1, 0.15) is 19.3 Å². The van der Waals surface area contributed by atoms with Gasteiger partial charge in [-0.3, -0.25) is 9.59 Å². The third-order valence-corrected chi connectivity index (χ3v) is 7.60. The Labute approximate surface area is 176 Å². The molecule has 1 aromatic carbocycles. The lowest BCUT2D eigenvalue weighted by molar-refractivity contribution is -0.134. The summed E-state index contributed by atoms with van der Waals surface area (Å²) in [6, 6.07) is 7.33. The van der Waals surface area contributed by atoms with Crippen LogP contribution in [0.15, 0.2) is 29.4 Å². The summed E-state index contributed by atoms with van der Waals surface area (Å²) in [5.41, 5.74) is 1.34. The molecule has 0 radical (unpaired) electrons. The second-order valence-corrected chi connectivity index (χ2v) is 10.0. The van der Waals surface area contributed by atoms with Crippen molar-refractivity contribution in [3.8, 4) is 5.75 Å². The van der Waals surface area contributed by atoms with E-state index in [4.69, 9.17) is 4.74 Å². The predicted molar refractivity (Wildman–Crippen MR) is 112 cm³/mol. The van der Waals surface area contributed by atoms with Gasteiger partial charge in [-0.25, -0.2) is 13.4 Å². The van der Waals surface area contributed by atoms with Gasteiger partial charge < -0.3 is 14.5 Å². The molecular formula is C20H26N4O5S. The number of ether oxygens (including phenoxy) is 1. The first kappa shape index (κ1) is 20.6. The van der Waals surface area contributed by atoms with Crippen molar-refractivity contribution in [2.45, 2.75) is 25.3 Å². The lowest BCUT2D eigenvalue weighted by Gasteiger charge is -2.37. The Morgan fingerprint density at radius 1 is 1.13 bits per heavy atom. The van der Waals surface area contributed by atoms with Gasteiger partial charge in [0, 0.05) is 39.0 Å². The molecule has 0 unspecified atom stereocenters. The Kier molecular flexibility index (Phi) is 5.68. The first-order chi connectivity index (χ1) is 14.4. The van der Waals surface area contributed by atoms with E-state index in [9.17, 15) is 18.0 Å². The number of carbonyl (C=O) groups is 2. The Morgan fingerprint density at radius 3 is 2.53 bits per heavy atom. The van der Waals surface area contributed by atoms with Crippen molar-refractivity contribution in [1.29, 1.82) is 0 Å². The molecule has 1 aromatic rings. The zero-order valence-electron chi connectivity index (χ0n) is 17.0. The minimum atomic E-state index is -3.14. The molecule has 2 fully saturated rings. The molecule has 9 nitrogen and oxygen atoms in total. The topological polar surface area (TPSA) is 99.6 Å². The van der Waals surface area contributed by atoms with Crippen molar-refractivity contribution in [1.82, 2.24) is 9.91 Å². The standard InChI is InChI=1S/C20H26N4O5S/c1-29-18-5-3-2-4-17(18)22-9-11-23(12-10-22)20(26)16-6-7-19(25)24(21-16)15-8-13-30(27,28)14-15/h2-5,15H,6-14H2,1H3/t15-/m1/s1. The van der Waals surface area contributed by atoms with Gasteiger partial charge >= 0.3 is 0 Å². The van der Waals surface area contributed by atoms with Crippen molar-refractivity contribution in [3.05, 3.63) is 24.3 Å². The highest BCUT2D eigenvalue weighted by Crippen LogP contribution is 2.28. The number of benzene rings is 1. The van der Waals surface area contributed by atoms with E-state index in [0.29, 0.717) is 44.7 Å². The third kappa shape index (κ3) is 4.14. The normalized spacial score (nSPS) is 24.0. The molecule has 3 aliphatic rings. The third-order valence-electron chi connectivity index (χ3n) is 5.85. The van der Waals surface area contributed by atoms with Crippen LogP contribution < -0.4 is 9.64 Å². The summed E-state index contributed by atoms with van der Waals surface area (Å²) < 4.78 is 29.0. The molecule has 0 aromatic heterocycles. The molecule has 4 rings (SSSR count). The molecule has 2 amide bonds. The second-order valence-electron chi connectivity index (χ2n) is 7.79. The Hall–Kier alpha value is -2.62. The van der Waals surface area contributed by atoms with E-state index in [-0.39, 0.29) is 29.7 Å². The highest BCUT2D eigenvalue weighted by molar-refractivity contribution is 7.91. The predicted octanol–water partition coefficient (Wildman–Crippen LogP) is 0.509. The Bertz CT molecular complexity index is 969. The highest BCUT2D eigenvalue weighted by Gasteiger charge is 2.38. The second kappa shape index (κ2) is 8.25. The number of anilines is 1. The summed E-state index contributed by atoms with van der Waals surface area (Å²) in [5, 5.41) is 5.54. The average Bonchev–Trinajstić information content (AvgIpc) is 3.13. The van der Waals surface area contributed by atoms with E-state index in [2.05, 4.69) is 10.0 Å². The van der Waals surface area contributed by atoms with Crippen LogP contribution in [0.5, 0.6) is 5.75 Å². The number of hydrogen-bond donors (Lipinski definition) is 0. The summed E-state index contributed by atoms with van der Waals surface area (Å²) in [5.74, 6) is 0.393. The van der Waals surface area contributed by atoms with Crippen LogP contribution in [0, 0.1) is 0 Å². The van der Waals surface area contributed by atoms with Crippen LogP contribution >= 0.6 is 0 Å². The monoisotopic (exact) mass is 434 g/mol. The van der Waals surface area contributed by atoms with Crippen LogP contribution in [0.3, 0.4) is 0 Å². The molecule has 0 saturated carbocycles. The smallest absolute Gasteiger partial charge is 0.270 e. The Balaban J connectivity index is 1.42. The molecule has 162 valence electrons. The molecule has 30 heavy (non-hydrogen) atoms. The van der Waals surface area contributed by atoms with E-state index in [0.717, 1.165) is 11.4 Å². The zero-order chi connectivity index (χ0) is 21.3. The number of methoxy groups -OCH3 is 1. The van der Waals surface area contributed by atoms with E-state index in [1.54, 1.807) is 12.0 Å². The van der Waals surface area contributed by atoms with Crippen molar-refractivity contribution < 1.29 is 22.7 Å². The minimum Gasteiger partial charge on any atom is -0.495 e. The lowest BCUT2D eigenvalue weighted by Crippen LogP contribution is -2.52. The summed E-state index contributed by atoms with van der Waals surface area (Å²) in [6.07, 6.45) is 0.847. The summed E-state index contributed by atoms with van der Waals surface area (Å²) >= 11 is 0. The highest BCUT2D eigenvalue weighted by atomic mass is 32.2. The van der Waals surface area contributed by atoms with E-state index in [1.165, 1.54) is 5.01 Å². The van der Waals surface area contributed by atoms with Crippen molar-refractivity contribution in [2.75, 3.05) is 49.7 Å². The van der Waals surface area contributed by atoms with Gasteiger partial charge in [0.2, 0.25) is 5.91 Å².